The minimum atomic E-state index is -0.635. The zero-order chi connectivity index (χ0) is 20.2. The fourth-order valence-electron chi connectivity index (χ4n) is 3.50. The maximum absolute atomic E-state index is 12.6. The van der Waals surface area contributed by atoms with Gasteiger partial charge in [0.25, 0.3) is 5.91 Å². The second kappa shape index (κ2) is 9.39. The van der Waals surface area contributed by atoms with E-state index in [1.54, 1.807) is 24.3 Å². The summed E-state index contributed by atoms with van der Waals surface area (Å²) >= 11 is 0. The Morgan fingerprint density at radius 3 is 2.57 bits per heavy atom. The number of H-pyrrole nitrogens is 1. The summed E-state index contributed by atoms with van der Waals surface area (Å²) in [5.74, 6) is -0.707. The molecule has 4 rings (SSSR count). The van der Waals surface area contributed by atoms with Gasteiger partial charge in [-0.15, -0.1) is 12.4 Å². The molecule has 3 N–H and O–H groups in total. The van der Waals surface area contributed by atoms with Gasteiger partial charge in [0.1, 0.15) is 0 Å². The fourth-order valence-corrected chi connectivity index (χ4v) is 3.50. The van der Waals surface area contributed by atoms with Gasteiger partial charge in [-0.1, -0.05) is 24.3 Å². The molecule has 3 aromatic rings. The third kappa shape index (κ3) is 4.59. The minimum absolute atomic E-state index is 0. The normalized spacial score (nSPS) is 13.4. The van der Waals surface area contributed by atoms with Crippen molar-refractivity contribution in [3.05, 3.63) is 77.3 Å². The van der Waals surface area contributed by atoms with Crippen LogP contribution in [0.4, 0.5) is 0 Å². The maximum Gasteiger partial charge on any atom is 0.267 e. The molecular weight excluding hydrogens is 404 g/mol. The van der Waals surface area contributed by atoms with E-state index in [-0.39, 0.29) is 18.3 Å². The number of aromatic nitrogens is 2. The first-order valence-corrected chi connectivity index (χ1v) is 9.28. The van der Waals surface area contributed by atoms with E-state index in [1.165, 1.54) is 34.7 Å². The van der Waals surface area contributed by atoms with Crippen molar-refractivity contribution in [1.82, 2.24) is 20.3 Å². The number of fused-ring (bicyclic) bond motifs is 3. The van der Waals surface area contributed by atoms with Crippen molar-refractivity contribution >= 4 is 47.3 Å². The summed E-state index contributed by atoms with van der Waals surface area (Å²) in [6.07, 6.45) is 6.65. The predicted molar refractivity (Wildman–Crippen MR) is 117 cm³/mol. The van der Waals surface area contributed by atoms with Gasteiger partial charge in [0.15, 0.2) is 0 Å². The molecule has 2 aromatic heterocycles. The van der Waals surface area contributed by atoms with Gasteiger partial charge >= 0.3 is 0 Å². The van der Waals surface area contributed by atoms with Crippen LogP contribution in [0.25, 0.3) is 23.1 Å². The standard InChI is InChI=1S/C22H20N4O3.ClH/c27-21(25-29)10-8-15-4-3-5-16(23-15)9-11-22(28)26-13-12-18-17-6-1-2-7-19(17)24-20(18)14-26;/h1-11,24,29H,12-14H2,(H,25,27);1H/b10-8+,11-9+;. The summed E-state index contributed by atoms with van der Waals surface area (Å²) < 4.78 is 0. The van der Waals surface area contributed by atoms with E-state index in [0.29, 0.717) is 24.5 Å². The zero-order valence-corrected chi connectivity index (χ0v) is 16.9. The van der Waals surface area contributed by atoms with E-state index in [1.807, 2.05) is 17.0 Å². The van der Waals surface area contributed by atoms with Gasteiger partial charge < -0.3 is 9.88 Å². The summed E-state index contributed by atoms with van der Waals surface area (Å²) in [7, 11) is 0. The average Bonchev–Trinajstić information content (AvgIpc) is 3.14. The van der Waals surface area contributed by atoms with E-state index in [9.17, 15) is 9.59 Å². The number of hydrogen-bond acceptors (Lipinski definition) is 4. The number of hydrogen-bond donors (Lipinski definition) is 3. The molecule has 3 heterocycles. The van der Waals surface area contributed by atoms with Gasteiger partial charge in [-0.05, 0) is 42.3 Å². The Hall–Kier alpha value is -3.42. The molecule has 1 aromatic carbocycles. The lowest BCUT2D eigenvalue weighted by atomic mass is 10.0. The number of para-hydroxylation sites is 1. The van der Waals surface area contributed by atoms with Crippen molar-refractivity contribution in [2.45, 2.75) is 13.0 Å². The Morgan fingerprint density at radius 1 is 1.07 bits per heavy atom. The number of hydroxylamine groups is 1. The molecular formula is C22H21ClN4O3. The zero-order valence-electron chi connectivity index (χ0n) is 16.0. The van der Waals surface area contributed by atoms with E-state index in [4.69, 9.17) is 5.21 Å². The lowest BCUT2D eigenvalue weighted by Crippen LogP contribution is -2.34. The van der Waals surface area contributed by atoms with Crippen LogP contribution in [-0.4, -0.2) is 38.4 Å². The largest absolute Gasteiger partial charge is 0.357 e. The van der Waals surface area contributed by atoms with Gasteiger partial charge in [-0.3, -0.25) is 14.8 Å². The fraction of sp³-hybridized carbons (Fsp3) is 0.136. The molecule has 0 unspecified atom stereocenters. The Kier molecular flexibility index (Phi) is 6.66. The van der Waals surface area contributed by atoms with Gasteiger partial charge in [-0.25, -0.2) is 10.5 Å². The van der Waals surface area contributed by atoms with Crippen LogP contribution in [0.5, 0.6) is 0 Å². The lowest BCUT2D eigenvalue weighted by Gasteiger charge is -2.26. The lowest BCUT2D eigenvalue weighted by molar-refractivity contribution is -0.127. The molecule has 0 spiro atoms. The number of nitrogens with one attached hydrogen (secondary N) is 2. The number of nitrogens with zero attached hydrogens (tertiary/aromatic N) is 2. The molecule has 0 atom stereocenters. The number of rotatable bonds is 4. The van der Waals surface area contributed by atoms with Crippen LogP contribution in [0.15, 0.2) is 54.6 Å². The van der Waals surface area contributed by atoms with Crippen LogP contribution in [-0.2, 0) is 22.6 Å². The second-order valence-corrected chi connectivity index (χ2v) is 6.77. The Morgan fingerprint density at radius 2 is 1.80 bits per heavy atom. The van der Waals surface area contributed by atoms with Crippen LogP contribution in [0.3, 0.4) is 0 Å². The molecule has 2 amide bonds. The number of amides is 2. The van der Waals surface area contributed by atoms with Gasteiger partial charge in [-0.2, -0.15) is 0 Å². The number of halogens is 1. The Balaban J connectivity index is 0.00000256. The topological polar surface area (TPSA) is 98.3 Å². The maximum atomic E-state index is 12.6. The molecule has 1 aliphatic heterocycles. The average molecular weight is 425 g/mol. The number of pyridine rings is 1. The predicted octanol–water partition coefficient (Wildman–Crippen LogP) is 3.10. The Labute approximate surface area is 179 Å². The molecule has 0 aliphatic carbocycles. The molecule has 8 heteroatoms. The van der Waals surface area contributed by atoms with Gasteiger partial charge in [0.2, 0.25) is 5.91 Å². The van der Waals surface area contributed by atoms with Crippen molar-refractivity contribution in [1.29, 1.82) is 0 Å². The smallest absolute Gasteiger partial charge is 0.267 e. The summed E-state index contributed by atoms with van der Waals surface area (Å²) in [6.45, 7) is 1.23. The van der Waals surface area contributed by atoms with Gasteiger partial charge in [0.05, 0.1) is 17.9 Å². The Bertz CT molecular complexity index is 1140. The first kappa shape index (κ1) is 21.3. The third-order valence-electron chi connectivity index (χ3n) is 4.90. The van der Waals surface area contributed by atoms with E-state index in [2.05, 4.69) is 22.1 Å². The van der Waals surface area contributed by atoms with Crippen molar-refractivity contribution in [3.63, 3.8) is 0 Å². The third-order valence-corrected chi connectivity index (χ3v) is 4.90. The molecule has 154 valence electrons. The van der Waals surface area contributed by atoms with Crippen LogP contribution in [0, 0.1) is 0 Å². The van der Waals surface area contributed by atoms with E-state index in [0.717, 1.165) is 17.6 Å². The van der Waals surface area contributed by atoms with Crippen LogP contribution in [0.1, 0.15) is 22.6 Å². The molecule has 0 fully saturated rings. The van der Waals surface area contributed by atoms with Crippen LogP contribution < -0.4 is 5.48 Å². The van der Waals surface area contributed by atoms with E-state index < -0.39 is 5.91 Å². The molecule has 0 saturated carbocycles. The van der Waals surface area contributed by atoms with Crippen LogP contribution >= 0.6 is 12.4 Å². The SMILES string of the molecule is Cl.O=C(/C=C/c1cccc(/C=C/C(=O)N2CCc3c([nH]c4ccccc34)C2)n1)NO. The second-order valence-electron chi connectivity index (χ2n) is 6.77. The molecule has 0 saturated heterocycles. The highest BCUT2D eigenvalue weighted by molar-refractivity contribution is 5.93. The van der Waals surface area contributed by atoms with Crippen molar-refractivity contribution in [2.75, 3.05) is 6.54 Å². The molecule has 0 radical (unpaired) electrons. The molecule has 0 bridgehead atoms. The summed E-state index contributed by atoms with van der Waals surface area (Å²) in [4.78, 5) is 33.3. The monoisotopic (exact) mass is 424 g/mol. The van der Waals surface area contributed by atoms with Crippen molar-refractivity contribution < 1.29 is 14.8 Å². The highest BCUT2D eigenvalue weighted by Gasteiger charge is 2.22. The van der Waals surface area contributed by atoms with Crippen molar-refractivity contribution in [2.24, 2.45) is 0 Å². The number of carbonyl (C=O) groups excluding carboxylic acids is 2. The number of aromatic amines is 1. The van der Waals surface area contributed by atoms with E-state index >= 15 is 0 Å². The highest BCUT2D eigenvalue weighted by Crippen LogP contribution is 2.27. The minimum Gasteiger partial charge on any atom is -0.357 e. The van der Waals surface area contributed by atoms with Gasteiger partial charge in [0, 0.05) is 35.3 Å². The van der Waals surface area contributed by atoms with Crippen LogP contribution in [0.2, 0.25) is 0 Å². The molecule has 30 heavy (non-hydrogen) atoms. The number of carbonyl (C=O) groups is 2. The summed E-state index contributed by atoms with van der Waals surface area (Å²) in [6, 6.07) is 13.5. The first-order chi connectivity index (χ1) is 14.1. The molecule has 7 nitrogen and oxygen atoms in total. The first-order valence-electron chi connectivity index (χ1n) is 9.28. The number of benzene rings is 1. The summed E-state index contributed by atoms with van der Waals surface area (Å²) in [5, 5.41) is 9.74. The quantitative estimate of drug-likeness (QED) is 0.340. The van der Waals surface area contributed by atoms with Crippen molar-refractivity contribution in [3.8, 4) is 0 Å². The summed E-state index contributed by atoms with van der Waals surface area (Å²) in [5.41, 5.74) is 6.16. The molecule has 1 aliphatic rings. The highest BCUT2D eigenvalue weighted by atomic mass is 35.5.